The smallest absolute Gasteiger partial charge is 0.319 e. The Hall–Kier alpha value is -2.56. The van der Waals surface area contributed by atoms with Crippen LogP contribution in [0, 0.1) is 6.92 Å². The second-order valence-corrected chi connectivity index (χ2v) is 5.10. The van der Waals surface area contributed by atoms with E-state index in [2.05, 4.69) is 20.9 Å². The first kappa shape index (κ1) is 15.8. The van der Waals surface area contributed by atoms with Gasteiger partial charge >= 0.3 is 6.03 Å². The number of hydrogen-bond donors (Lipinski definition) is 3. The van der Waals surface area contributed by atoms with Gasteiger partial charge in [-0.1, -0.05) is 23.8 Å². The van der Waals surface area contributed by atoms with Gasteiger partial charge in [-0.15, -0.1) is 0 Å². The van der Waals surface area contributed by atoms with Gasteiger partial charge in [0.1, 0.15) is 5.82 Å². The number of nitrogens with one attached hydrogen (secondary N) is 3. The molecule has 5 heteroatoms. The Balaban J connectivity index is 1.54. The fraction of sp³-hybridized carbons (Fsp3) is 0.294. The molecule has 22 heavy (non-hydrogen) atoms. The summed E-state index contributed by atoms with van der Waals surface area (Å²) in [4.78, 5) is 15.9. The zero-order chi connectivity index (χ0) is 15.6. The zero-order valence-electron chi connectivity index (χ0n) is 12.8. The second kappa shape index (κ2) is 8.67. The predicted octanol–water partition coefficient (Wildman–Crippen LogP) is 3.40. The summed E-state index contributed by atoms with van der Waals surface area (Å²) in [5, 5.41) is 8.90. The highest BCUT2D eigenvalue weighted by Crippen LogP contribution is 2.08. The molecule has 0 atom stereocenters. The van der Waals surface area contributed by atoms with Gasteiger partial charge in [-0.2, -0.15) is 0 Å². The minimum Gasteiger partial charge on any atom is -0.370 e. The Bertz CT molecular complexity index is 569. The van der Waals surface area contributed by atoms with Crippen molar-refractivity contribution in [2.45, 2.75) is 19.8 Å². The average Bonchev–Trinajstić information content (AvgIpc) is 2.54. The molecule has 0 aliphatic carbocycles. The van der Waals surface area contributed by atoms with Gasteiger partial charge in [-0.3, -0.25) is 0 Å². The van der Waals surface area contributed by atoms with Crippen molar-refractivity contribution in [2.24, 2.45) is 0 Å². The Morgan fingerprint density at radius 1 is 1.05 bits per heavy atom. The highest BCUT2D eigenvalue weighted by Gasteiger charge is 2.00. The van der Waals surface area contributed by atoms with Crippen LogP contribution < -0.4 is 16.0 Å². The first-order chi connectivity index (χ1) is 10.7. The molecule has 1 aromatic heterocycles. The lowest BCUT2D eigenvalue weighted by atomic mass is 10.2. The first-order valence-corrected chi connectivity index (χ1v) is 7.50. The maximum atomic E-state index is 11.7. The van der Waals surface area contributed by atoms with Gasteiger partial charge in [-0.25, -0.2) is 9.78 Å². The number of urea groups is 1. The fourth-order valence-corrected chi connectivity index (χ4v) is 1.95. The number of carbonyl (C=O) groups excluding carboxylic acids is 1. The molecule has 0 aliphatic rings. The summed E-state index contributed by atoms with van der Waals surface area (Å²) < 4.78 is 0. The topological polar surface area (TPSA) is 66.1 Å². The molecule has 116 valence electrons. The maximum absolute atomic E-state index is 11.7. The van der Waals surface area contributed by atoms with Gasteiger partial charge in [-0.05, 0) is 44.0 Å². The van der Waals surface area contributed by atoms with E-state index in [1.807, 2.05) is 49.4 Å². The number of anilines is 2. The van der Waals surface area contributed by atoms with E-state index >= 15 is 0 Å². The minimum atomic E-state index is -0.165. The molecule has 0 bridgehead atoms. The van der Waals surface area contributed by atoms with E-state index in [9.17, 15) is 4.79 Å². The number of pyridine rings is 1. The summed E-state index contributed by atoms with van der Waals surface area (Å²) in [5.74, 6) is 0.882. The Kier molecular flexibility index (Phi) is 6.23. The lowest BCUT2D eigenvalue weighted by molar-refractivity contribution is 0.252. The minimum absolute atomic E-state index is 0.165. The van der Waals surface area contributed by atoms with Crippen LogP contribution in [0.5, 0.6) is 0 Å². The monoisotopic (exact) mass is 298 g/mol. The van der Waals surface area contributed by atoms with E-state index in [-0.39, 0.29) is 6.03 Å². The highest BCUT2D eigenvalue weighted by atomic mass is 16.2. The molecule has 5 nitrogen and oxygen atoms in total. The van der Waals surface area contributed by atoms with Crippen molar-refractivity contribution in [3.8, 4) is 0 Å². The molecule has 2 rings (SSSR count). The summed E-state index contributed by atoms with van der Waals surface area (Å²) in [6.45, 7) is 3.52. The standard InChI is InChI=1S/C17H22N4O/c1-14-7-9-15(10-8-14)21-17(22)20-13-5-4-12-19-16-6-2-3-11-18-16/h2-3,6-11H,4-5,12-13H2,1H3,(H,18,19)(H2,20,21,22). The number of nitrogens with zero attached hydrogens (tertiary/aromatic N) is 1. The van der Waals surface area contributed by atoms with E-state index < -0.39 is 0 Å². The molecular weight excluding hydrogens is 276 g/mol. The summed E-state index contributed by atoms with van der Waals surface area (Å²) >= 11 is 0. The molecule has 0 spiro atoms. The number of benzene rings is 1. The van der Waals surface area contributed by atoms with E-state index in [0.29, 0.717) is 6.54 Å². The van der Waals surface area contributed by atoms with Crippen molar-refractivity contribution < 1.29 is 4.79 Å². The molecular formula is C17H22N4O. The van der Waals surface area contributed by atoms with Crippen LogP contribution in [0.25, 0.3) is 0 Å². The van der Waals surface area contributed by atoms with Gasteiger partial charge in [0.2, 0.25) is 0 Å². The lowest BCUT2D eigenvalue weighted by Gasteiger charge is -2.08. The van der Waals surface area contributed by atoms with E-state index in [0.717, 1.165) is 30.9 Å². The van der Waals surface area contributed by atoms with Crippen molar-refractivity contribution in [1.29, 1.82) is 0 Å². The average molecular weight is 298 g/mol. The Morgan fingerprint density at radius 2 is 1.82 bits per heavy atom. The molecule has 2 aromatic rings. The normalized spacial score (nSPS) is 10.0. The molecule has 1 aromatic carbocycles. The molecule has 2 amide bonds. The first-order valence-electron chi connectivity index (χ1n) is 7.50. The second-order valence-electron chi connectivity index (χ2n) is 5.10. The number of carbonyl (C=O) groups is 1. The summed E-state index contributed by atoms with van der Waals surface area (Å²) in [6, 6.07) is 13.3. The van der Waals surface area contributed by atoms with Crippen LogP contribution in [-0.4, -0.2) is 24.1 Å². The quantitative estimate of drug-likeness (QED) is 0.686. The lowest BCUT2D eigenvalue weighted by Crippen LogP contribution is -2.29. The molecule has 0 fully saturated rings. The third kappa shape index (κ3) is 5.83. The van der Waals surface area contributed by atoms with Crippen molar-refractivity contribution >= 4 is 17.5 Å². The van der Waals surface area contributed by atoms with Gasteiger partial charge in [0.05, 0.1) is 0 Å². The van der Waals surface area contributed by atoms with Gasteiger partial charge in [0.15, 0.2) is 0 Å². The third-order valence-corrected chi connectivity index (χ3v) is 3.17. The van der Waals surface area contributed by atoms with E-state index in [4.69, 9.17) is 0 Å². The van der Waals surface area contributed by atoms with Crippen LogP contribution in [0.15, 0.2) is 48.7 Å². The zero-order valence-corrected chi connectivity index (χ0v) is 12.8. The van der Waals surface area contributed by atoms with Crippen LogP contribution in [0.3, 0.4) is 0 Å². The van der Waals surface area contributed by atoms with Crippen LogP contribution >= 0.6 is 0 Å². The Labute approximate surface area is 131 Å². The number of aromatic nitrogens is 1. The molecule has 0 aliphatic heterocycles. The number of aryl methyl sites for hydroxylation is 1. The van der Waals surface area contributed by atoms with Crippen LogP contribution in [0.1, 0.15) is 18.4 Å². The van der Waals surface area contributed by atoms with Crippen LogP contribution in [-0.2, 0) is 0 Å². The Morgan fingerprint density at radius 3 is 2.55 bits per heavy atom. The maximum Gasteiger partial charge on any atom is 0.319 e. The number of hydrogen-bond acceptors (Lipinski definition) is 3. The highest BCUT2D eigenvalue weighted by molar-refractivity contribution is 5.89. The molecule has 0 radical (unpaired) electrons. The number of rotatable bonds is 7. The molecule has 0 saturated heterocycles. The third-order valence-electron chi connectivity index (χ3n) is 3.17. The predicted molar refractivity (Wildman–Crippen MR) is 90.2 cm³/mol. The van der Waals surface area contributed by atoms with Gasteiger partial charge in [0.25, 0.3) is 0 Å². The molecule has 3 N–H and O–H groups in total. The molecule has 0 unspecified atom stereocenters. The molecule has 0 saturated carbocycles. The van der Waals surface area contributed by atoms with E-state index in [1.54, 1.807) is 6.20 Å². The SMILES string of the molecule is Cc1ccc(NC(=O)NCCCCNc2ccccn2)cc1. The van der Waals surface area contributed by atoms with Gasteiger partial charge in [0, 0.05) is 25.0 Å². The summed E-state index contributed by atoms with van der Waals surface area (Å²) in [5.41, 5.74) is 1.98. The van der Waals surface area contributed by atoms with Crippen molar-refractivity contribution in [3.63, 3.8) is 0 Å². The molecule has 1 heterocycles. The number of unbranched alkanes of at least 4 members (excludes halogenated alkanes) is 1. The van der Waals surface area contributed by atoms with Gasteiger partial charge < -0.3 is 16.0 Å². The van der Waals surface area contributed by atoms with E-state index in [1.165, 1.54) is 5.56 Å². The van der Waals surface area contributed by atoms with Crippen molar-refractivity contribution in [1.82, 2.24) is 10.3 Å². The van der Waals surface area contributed by atoms with Crippen LogP contribution in [0.4, 0.5) is 16.3 Å². The van der Waals surface area contributed by atoms with Crippen LogP contribution in [0.2, 0.25) is 0 Å². The van der Waals surface area contributed by atoms with Crippen molar-refractivity contribution in [2.75, 3.05) is 23.7 Å². The fourth-order valence-electron chi connectivity index (χ4n) is 1.95. The summed E-state index contributed by atoms with van der Waals surface area (Å²) in [6.07, 6.45) is 3.65. The largest absolute Gasteiger partial charge is 0.370 e. The summed E-state index contributed by atoms with van der Waals surface area (Å²) in [7, 11) is 0. The number of amides is 2. The van der Waals surface area contributed by atoms with Crippen molar-refractivity contribution in [3.05, 3.63) is 54.2 Å².